The van der Waals surface area contributed by atoms with Crippen LogP contribution in [-0.2, 0) is 29.2 Å². The van der Waals surface area contributed by atoms with Crippen LogP contribution in [0.2, 0.25) is 0 Å². The van der Waals surface area contributed by atoms with Gasteiger partial charge in [-0.3, -0.25) is 0 Å². The van der Waals surface area contributed by atoms with Crippen molar-refractivity contribution in [1.82, 2.24) is 9.55 Å². The minimum atomic E-state index is -2.95. The molecule has 0 aliphatic heterocycles. The molecule has 0 atom stereocenters. The van der Waals surface area contributed by atoms with E-state index in [2.05, 4.69) is 4.98 Å². The molecule has 1 aromatic heterocycles. The van der Waals surface area contributed by atoms with Gasteiger partial charge >= 0.3 is 0 Å². The summed E-state index contributed by atoms with van der Waals surface area (Å²) in [4.78, 5) is 4.37. The molecule has 0 fully saturated rings. The summed E-state index contributed by atoms with van der Waals surface area (Å²) in [5.41, 5.74) is 2.41. The van der Waals surface area contributed by atoms with E-state index in [-0.39, 0.29) is 11.0 Å². The third kappa shape index (κ3) is 2.70. The SMILES string of the molecule is CC(C)S(=O)(=O)CCn1cnc2c1CCCC2. The lowest BCUT2D eigenvalue weighted by Gasteiger charge is -2.14. The van der Waals surface area contributed by atoms with Crippen molar-refractivity contribution in [2.45, 2.75) is 51.3 Å². The average Bonchev–Trinajstić information content (AvgIpc) is 2.69. The van der Waals surface area contributed by atoms with Crippen molar-refractivity contribution in [1.29, 1.82) is 0 Å². The van der Waals surface area contributed by atoms with Gasteiger partial charge in [0.05, 0.1) is 23.0 Å². The lowest BCUT2D eigenvalue weighted by atomic mass is 10.0. The summed E-state index contributed by atoms with van der Waals surface area (Å²) >= 11 is 0. The number of hydrogen-bond donors (Lipinski definition) is 0. The Morgan fingerprint density at radius 1 is 1.35 bits per heavy atom. The van der Waals surface area contributed by atoms with Crippen LogP contribution in [0, 0.1) is 0 Å². The molecule has 96 valence electrons. The molecule has 0 saturated heterocycles. The Morgan fingerprint density at radius 2 is 2.06 bits per heavy atom. The van der Waals surface area contributed by atoms with E-state index in [9.17, 15) is 8.42 Å². The number of rotatable bonds is 4. The average molecular weight is 256 g/mol. The van der Waals surface area contributed by atoms with Gasteiger partial charge in [-0.1, -0.05) is 0 Å². The van der Waals surface area contributed by atoms with Crippen LogP contribution >= 0.6 is 0 Å². The van der Waals surface area contributed by atoms with Gasteiger partial charge in [0.2, 0.25) is 0 Å². The Labute approximate surface area is 103 Å². The fraction of sp³-hybridized carbons (Fsp3) is 0.750. The van der Waals surface area contributed by atoms with E-state index in [1.54, 1.807) is 20.2 Å². The predicted molar refractivity (Wildman–Crippen MR) is 67.8 cm³/mol. The van der Waals surface area contributed by atoms with Gasteiger partial charge in [-0.25, -0.2) is 13.4 Å². The highest BCUT2D eigenvalue weighted by atomic mass is 32.2. The lowest BCUT2D eigenvalue weighted by Crippen LogP contribution is -2.22. The molecule has 0 aromatic carbocycles. The maximum Gasteiger partial charge on any atom is 0.154 e. The van der Waals surface area contributed by atoms with Crippen LogP contribution in [0.25, 0.3) is 0 Å². The molecule has 1 heterocycles. The standard InChI is InChI=1S/C12H20N2O2S/c1-10(2)17(15,16)8-7-14-9-13-11-5-3-4-6-12(11)14/h9-10H,3-8H2,1-2H3. The van der Waals surface area contributed by atoms with Crippen molar-refractivity contribution < 1.29 is 8.42 Å². The second kappa shape index (κ2) is 4.80. The molecular weight excluding hydrogens is 236 g/mol. The van der Waals surface area contributed by atoms with Crippen LogP contribution < -0.4 is 0 Å². The van der Waals surface area contributed by atoms with Crippen molar-refractivity contribution in [2.24, 2.45) is 0 Å². The van der Waals surface area contributed by atoms with Crippen LogP contribution in [0.5, 0.6) is 0 Å². The Bertz CT molecular complexity index is 489. The quantitative estimate of drug-likeness (QED) is 0.822. The Kier molecular flexibility index (Phi) is 3.56. The molecule has 0 bridgehead atoms. The van der Waals surface area contributed by atoms with E-state index in [1.165, 1.54) is 18.5 Å². The predicted octanol–water partition coefficient (Wildman–Crippen LogP) is 1.59. The number of nitrogens with zero attached hydrogens (tertiary/aromatic N) is 2. The van der Waals surface area contributed by atoms with Gasteiger partial charge in [0.25, 0.3) is 0 Å². The zero-order valence-corrected chi connectivity index (χ0v) is 11.3. The van der Waals surface area contributed by atoms with Gasteiger partial charge in [0.15, 0.2) is 9.84 Å². The van der Waals surface area contributed by atoms with Gasteiger partial charge in [0, 0.05) is 12.2 Å². The molecule has 4 nitrogen and oxygen atoms in total. The molecule has 0 radical (unpaired) electrons. The third-order valence-electron chi connectivity index (χ3n) is 3.44. The highest BCUT2D eigenvalue weighted by Crippen LogP contribution is 2.19. The normalized spacial score (nSPS) is 16.2. The monoisotopic (exact) mass is 256 g/mol. The number of sulfone groups is 1. The van der Waals surface area contributed by atoms with E-state index >= 15 is 0 Å². The number of aromatic nitrogens is 2. The van der Waals surface area contributed by atoms with E-state index in [4.69, 9.17) is 0 Å². The van der Waals surface area contributed by atoms with Gasteiger partial charge in [-0.15, -0.1) is 0 Å². The number of fused-ring (bicyclic) bond motifs is 1. The maximum atomic E-state index is 11.8. The molecule has 1 aliphatic carbocycles. The first-order chi connectivity index (χ1) is 8.00. The fourth-order valence-corrected chi connectivity index (χ4v) is 3.11. The first-order valence-electron chi connectivity index (χ1n) is 6.25. The van der Waals surface area contributed by atoms with Crippen molar-refractivity contribution in [2.75, 3.05) is 5.75 Å². The summed E-state index contributed by atoms with van der Waals surface area (Å²) in [7, 11) is -2.95. The smallest absolute Gasteiger partial charge is 0.154 e. The van der Waals surface area contributed by atoms with E-state index in [0.29, 0.717) is 6.54 Å². The highest BCUT2D eigenvalue weighted by molar-refractivity contribution is 7.91. The first kappa shape index (κ1) is 12.6. The van der Waals surface area contributed by atoms with Gasteiger partial charge in [0.1, 0.15) is 0 Å². The molecule has 0 saturated carbocycles. The summed E-state index contributed by atoms with van der Waals surface area (Å²) in [6, 6.07) is 0. The lowest BCUT2D eigenvalue weighted by molar-refractivity contribution is 0.574. The molecular formula is C12H20N2O2S. The van der Waals surface area contributed by atoms with Crippen molar-refractivity contribution in [3.63, 3.8) is 0 Å². The van der Waals surface area contributed by atoms with E-state index < -0.39 is 9.84 Å². The number of hydrogen-bond acceptors (Lipinski definition) is 3. The second-order valence-electron chi connectivity index (χ2n) is 4.95. The molecule has 0 amide bonds. The molecule has 17 heavy (non-hydrogen) atoms. The highest BCUT2D eigenvalue weighted by Gasteiger charge is 2.19. The van der Waals surface area contributed by atoms with Gasteiger partial charge in [-0.05, 0) is 39.5 Å². The summed E-state index contributed by atoms with van der Waals surface area (Å²) in [5, 5.41) is -0.290. The summed E-state index contributed by atoms with van der Waals surface area (Å²) in [6.07, 6.45) is 6.27. The summed E-state index contributed by atoms with van der Waals surface area (Å²) < 4.78 is 25.5. The first-order valence-corrected chi connectivity index (χ1v) is 7.96. The second-order valence-corrected chi connectivity index (χ2v) is 7.63. The molecule has 5 heteroatoms. The van der Waals surface area contributed by atoms with Crippen LogP contribution in [0.15, 0.2) is 6.33 Å². The molecule has 2 rings (SSSR count). The molecule has 0 N–H and O–H groups in total. The zero-order chi connectivity index (χ0) is 12.5. The topological polar surface area (TPSA) is 52.0 Å². The number of aryl methyl sites for hydroxylation is 2. The van der Waals surface area contributed by atoms with Crippen LogP contribution in [0.1, 0.15) is 38.1 Å². The fourth-order valence-electron chi connectivity index (χ4n) is 2.18. The van der Waals surface area contributed by atoms with Crippen LogP contribution in [0.4, 0.5) is 0 Å². The Balaban J connectivity index is 2.08. The maximum absolute atomic E-state index is 11.8. The molecule has 1 aliphatic rings. The van der Waals surface area contributed by atoms with Crippen LogP contribution in [0.3, 0.4) is 0 Å². The molecule has 0 spiro atoms. The van der Waals surface area contributed by atoms with Crippen LogP contribution in [-0.4, -0.2) is 29.0 Å². The number of imidazole rings is 1. The largest absolute Gasteiger partial charge is 0.333 e. The van der Waals surface area contributed by atoms with Gasteiger partial charge in [-0.2, -0.15) is 0 Å². The third-order valence-corrected chi connectivity index (χ3v) is 5.63. The van der Waals surface area contributed by atoms with E-state index in [1.807, 2.05) is 4.57 Å². The van der Waals surface area contributed by atoms with Crippen molar-refractivity contribution >= 4 is 9.84 Å². The summed E-state index contributed by atoms with van der Waals surface area (Å²) in [5.74, 6) is 0.216. The van der Waals surface area contributed by atoms with Crippen molar-refractivity contribution in [3.8, 4) is 0 Å². The van der Waals surface area contributed by atoms with Gasteiger partial charge < -0.3 is 4.57 Å². The Morgan fingerprint density at radius 3 is 2.76 bits per heavy atom. The minimum Gasteiger partial charge on any atom is -0.333 e. The minimum absolute atomic E-state index is 0.216. The zero-order valence-electron chi connectivity index (χ0n) is 10.5. The van der Waals surface area contributed by atoms with E-state index in [0.717, 1.165) is 18.5 Å². The molecule has 0 unspecified atom stereocenters. The molecule has 1 aromatic rings. The summed E-state index contributed by atoms with van der Waals surface area (Å²) in [6.45, 7) is 4.01. The van der Waals surface area contributed by atoms with Crippen molar-refractivity contribution in [3.05, 3.63) is 17.7 Å². The Hall–Kier alpha value is -0.840.